The Morgan fingerprint density at radius 3 is 2.68 bits per heavy atom. The lowest BCUT2D eigenvalue weighted by molar-refractivity contribution is 0.569. The second kappa shape index (κ2) is 6.83. The fraction of sp³-hybridized carbons (Fsp3) is 0.400. The highest BCUT2D eigenvalue weighted by Crippen LogP contribution is 2.07. The molecule has 0 saturated heterocycles. The third kappa shape index (κ3) is 4.02. The average Bonchev–Trinajstić information content (AvgIpc) is 2.88. The number of rotatable bonds is 7. The molecule has 4 heteroatoms. The lowest BCUT2D eigenvalue weighted by atomic mass is 10.1. The van der Waals surface area contributed by atoms with E-state index in [-0.39, 0.29) is 0 Å². The molecule has 0 amide bonds. The quantitative estimate of drug-likeness (QED) is 0.715. The summed E-state index contributed by atoms with van der Waals surface area (Å²) in [5.41, 5.74) is 2.29. The van der Waals surface area contributed by atoms with E-state index in [9.17, 15) is 0 Å². The molecule has 100 valence electrons. The van der Waals surface area contributed by atoms with E-state index in [1.807, 2.05) is 18.2 Å². The number of tetrazole rings is 1. The van der Waals surface area contributed by atoms with Gasteiger partial charge in [-0.3, -0.25) is 0 Å². The van der Waals surface area contributed by atoms with E-state index in [2.05, 4.69) is 41.0 Å². The Labute approximate surface area is 114 Å². The maximum atomic E-state index is 4.39. The number of nitrogens with zero attached hydrogens (tertiary/aromatic N) is 4. The Morgan fingerprint density at radius 1 is 1.21 bits per heavy atom. The van der Waals surface area contributed by atoms with Crippen molar-refractivity contribution in [2.24, 2.45) is 0 Å². The molecule has 0 bridgehead atoms. The standard InChI is InChI=1S/C15H20N4/c1-3-5-6-7-15-16-18-19(17-15)12-14-10-8-13(4-2)9-11-14/h4,8-11H,2-3,5-7,12H2,1H3. The van der Waals surface area contributed by atoms with Gasteiger partial charge < -0.3 is 0 Å². The van der Waals surface area contributed by atoms with Crippen LogP contribution >= 0.6 is 0 Å². The van der Waals surface area contributed by atoms with Gasteiger partial charge in [-0.05, 0) is 22.8 Å². The van der Waals surface area contributed by atoms with Gasteiger partial charge in [0, 0.05) is 6.42 Å². The van der Waals surface area contributed by atoms with Gasteiger partial charge in [0.05, 0.1) is 6.54 Å². The first-order chi connectivity index (χ1) is 9.31. The summed E-state index contributed by atoms with van der Waals surface area (Å²) in [6, 6.07) is 8.22. The maximum absolute atomic E-state index is 4.39. The molecule has 0 spiro atoms. The third-order valence-corrected chi connectivity index (χ3v) is 3.04. The van der Waals surface area contributed by atoms with Crippen LogP contribution in [0.4, 0.5) is 0 Å². The van der Waals surface area contributed by atoms with E-state index in [0.29, 0.717) is 6.54 Å². The summed E-state index contributed by atoms with van der Waals surface area (Å²) in [6.07, 6.45) is 6.32. The smallest absolute Gasteiger partial charge is 0.160 e. The molecule has 2 aromatic rings. The number of unbranched alkanes of at least 4 members (excludes halogenated alkanes) is 2. The first kappa shape index (κ1) is 13.5. The Hall–Kier alpha value is -1.97. The van der Waals surface area contributed by atoms with Crippen LogP contribution in [0.2, 0.25) is 0 Å². The van der Waals surface area contributed by atoms with Gasteiger partial charge in [0.25, 0.3) is 0 Å². The highest BCUT2D eigenvalue weighted by Gasteiger charge is 2.03. The van der Waals surface area contributed by atoms with Crippen molar-refractivity contribution in [3.8, 4) is 0 Å². The first-order valence-corrected chi connectivity index (χ1v) is 6.80. The van der Waals surface area contributed by atoms with Crippen molar-refractivity contribution >= 4 is 6.08 Å². The molecular formula is C15H20N4. The normalized spacial score (nSPS) is 10.6. The minimum Gasteiger partial charge on any atom is -0.160 e. The first-order valence-electron chi connectivity index (χ1n) is 6.80. The summed E-state index contributed by atoms with van der Waals surface area (Å²) in [6.45, 7) is 6.60. The summed E-state index contributed by atoms with van der Waals surface area (Å²) >= 11 is 0. The second-order valence-electron chi connectivity index (χ2n) is 4.64. The molecule has 19 heavy (non-hydrogen) atoms. The van der Waals surface area contributed by atoms with Crippen molar-refractivity contribution in [1.82, 2.24) is 20.2 Å². The van der Waals surface area contributed by atoms with Gasteiger partial charge in [0.2, 0.25) is 0 Å². The van der Waals surface area contributed by atoms with Gasteiger partial charge in [-0.1, -0.05) is 56.7 Å². The number of aromatic nitrogens is 4. The fourth-order valence-corrected chi connectivity index (χ4v) is 1.90. The summed E-state index contributed by atoms with van der Waals surface area (Å²) in [5, 5.41) is 12.6. The van der Waals surface area contributed by atoms with Gasteiger partial charge >= 0.3 is 0 Å². The van der Waals surface area contributed by atoms with Gasteiger partial charge in [-0.2, -0.15) is 4.80 Å². The van der Waals surface area contributed by atoms with Crippen molar-refractivity contribution < 1.29 is 0 Å². The maximum Gasteiger partial charge on any atom is 0.174 e. The van der Waals surface area contributed by atoms with Crippen molar-refractivity contribution in [3.05, 3.63) is 47.8 Å². The van der Waals surface area contributed by atoms with Crippen LogP contribution in [-0.4, -0.2) is 20.2 Å². The van der Waals surface area contributed by atoms with Gasteiger partial charge in [0.1, 0.15) is 0 Å². The largest absolute Gasteiger partial charge is 0.174 e. The highest BCUT2D eigenvalue weighted by atomic mass is 15.6. The predicted octanol–water partition coefficient (Wildman–Crippen LogP) is 3.10. The van der Waals surface area contributed by atoms with Crippen LogP contribution in [-0.2, 0) is 13.0 Å². The van der Waals surface area contributed by atoms with E-state index < -0.39 is 0 Å². The lowest BCUT2D eigenvalue weighted by Gasteiger charge is -2.00. The van der Waals surface area contributed by atoms with Crippen LogP contribution in [0.15, 0.2) is 30.8 Å². The van der Waals surface area contributed by atoms with Crippen molar-refractivity contribution in [3.63, 3.8) is 0 Å². The van der Waals surface area contributed by atoms with Crippen LogP contribution in [0.1, 0.15) is 43.1 Å². The van der Waals surface area contributed by atoms with E-state index in [1.54, 1.807) is 4.80 Å². The molecule has 0 N–H and O–H groups in total. The van der Waals surface area contributed by atoms with Crippen LogP contribution in [0.25, 0.3) is 6.08 Å². The molecule has 0 aliphatic rings. The number of hydrogen-bond donors (Lipinski definition) is 0. The van der Waals surface area contributed by atoms with Crippen molar-refractivity contribution in [2.75, 3.05) is 0 Å². The summed E-state index contributed by atoms with van der Waals surface area (Å²) in [4.78, 5) is 1.66. The minimum atomic E-state index is 0.665. The van der Waals surface area contributed by atoms with Gasteiger partial charge in [0.15, 0.2) is 5.82 Å². The zero-order valence-corrected chi connectivity index (χ0v) is 11.4. The zero-order valence-electron chi connectivity index (χ0n) is 11.4. The molecule has 4 nitrogen and oxygen atoms in total. The summed E-state index contributed by atoms with van der Waals surface area (Å²) in [5.74, 6) is 0.844. The van der Waals surface area contributed by atoms with Crippen molar-refractivity contribution in [1.29, 1.82) is 0 Å². The Kier molecular flexibility index (Phi) is 4.84. The fourth-order valence-electron chi connectivity index (χ4n) is 1.90. The van der Waals surface area contributed by atoms with Crippen LogP contribution < -0.4 is 0 Å². The summed E-state index contributed by atoms with van der Waals surface area (Å²) in [7, 11) is 0. The van der Waals surface area contributed by atoms with E-state index >= 15 is 0 Å². The Bertz CT molecular complexity index is 513. The number of benzene rings is 1. The molecule has 1 aromatic carbocycles. The monoisotopic (exact) mass is 256 g/mol. The highest BCUT2D eigenvalue weighted by molar-refractivity contribution is 5.47. The van der Waals surface area contributed by atoms with Gasteiger partial charge in [-0.15, -0.1) is 10.2 Å². The SMILES string of the molecule is C=Cc1ccc(Cn2nnc(CCCCC)n2)cc1. The third-order valence-electron chi connectivity index (χ3n) is 3.04. The van der Waals surface area contributed by atoms with Crippen molar-refractivity contribution in [2.45, 2.75) is 39.2 Å². The molecule has 1 aromatic heterocycles. The second-order valence-corrected chi connectivity index (χ2v) is 4.64. The molecule has 0 aliphatic carbocycles. The molecule has 2 rings (SSSR count). The van der Waals surface area contributed by atoms with E-state index in [0.717, 1.165) is 24.2 Å². The molecule has 0 saturated carbocycles. The Balaban J connectivity index is 1.93. The molecule has 0 fully saturated rings. The van der Waals surface area contributed by atoms with Crippen LogP contribution in [0, 0.1) is 0 Å². The molecule has 0 radical (unpaired) electrons. The predicted molar refractivity (Wildman–Crippen MR) is 76.7 cm³/mol. The van der Waals surface area contributed by atoms with Crippen LogP contribution in [0.3, 0.4) is 0 Å². The number of hydrogen-bond acceptors (Lipinski definition) is 3. The van der Waals surface area contributed by atoms with Crippen LogP contribution in [0.5, 0.6) is 0 Å². The van der Waals surface area contributed by atoms with E-state index in [4.69, 9.17) is 0 Å². The summed E-state index contributed by atoms with van der Waals surface area (Å²) < 4.78 is 0. The average molecular weight is 256 g/mol. The minimum absolute atomic E-state index is 0.665. The topological polar surface area (TPSA) is 43.6 Å². The lowest BCUT2D eigenvalue weighted by Crippen LogP contribution is -2.04. The molecular weight excluding hydrogens is 236 g/mol. The molecule has 1 heterocycles. The molecule has 0 atom stereocenters. The molecule has 0 unspecified atom stereocenters. The zero-order chi connectivity index (χ0) is 13.5. The number of aryl methyl sites for hydroxylation is 1. The Morgan fingerprint density at radius 2 is 2.00 bits per heavy atom. The molecule has 0 aliphatic heterocycles. The van der Waals surface area contributed by atoms with Gasteiger partial charge in [-0.25, -0.2) is 0 Å². The van der Waals surface area contributed by atoms with E-state index in [1.165, 1.54) is 18.4 Å².